The van der Waals surface area contributed by atoms with Crippen LogP contribution in [0.1, 0.15) is 38.8 Å². The maximum absolute atomic E-state index is 5.45. The minimum absolute atomic E-state index is 0.458. The van der Waals surface area contributed by atoms with Crippen LogP contribution in [-0.4, -0.2) is 74.3 Å². The first-order valence-corrected chi connectivity index (χ1v) is 10.6. The molecule has 6 heteroatoms. The summed E-state index contributed by atoms with van der Waals surface area (Å²) in [6, 6.07) is 9.60. The molecule has 2 rings (SSSR count). The Morgan fingerprint density at radius 1 is 1.14 bits per heavy atom. The van der Waals surface area contributed by atoms with E-state index in [2.05, 4.69) is 79.4 Å². The molecule has 1 aliphatic rings. The summed E-state index contributed by atoms with van der Waals surface area (Å²) in [4.78, 5) is 9.67. The molecular weight excluding hydrogens is 350 g/mol. The molecule has 0 bridgehead atoms. The van der Waals surface area contributed by atoms with Gasteiger partial charge in [0.25, 0.3) is 0 Å². The van der Waals surface area contributed by atoms with E-state index in [4.69, 9.17) is 9.73 Å². The van der Waals surface area contributed by atoms with Crippen LogP contribution in [0.4, 0.5) is 0 Å². The van der Waals surface area contributed by atoms with E-state index in [-0.39, 0.29) is 0 Å². The second-order valence-corrected chi connectivity index (χ2v) is 7.85. The van der Waals surface area contributed by atoms with Crippen molar-refractivity contribution in [1.29, 1.82) is 0 Å². The van der Waals surface area contributed by atoms with Crippen molar-refractivity contribution in [3.05, 3.63) is 35.4 Å². The van der Waals surface area contributed by atoms with Gasteiger partial charge >= 0.3 is 0 Å². The van der Waals surface area contributed by atoms with Crippen molar-refractivity contribution in [2.24, 2.45) is 4.99 Å². The molecule has 1 aromatic rings. The fourth-order valence-corrected chi connectivity index (χ4v) is 3.21. The molecule has 1 aromatic carbocycles. The third-order valence-corrected chi connectivity index (χ3v) is 5.41. The molecular formula is C22H39N5O. The highest BCUT2D eigenvalue weighted by Gasteiger charge is 2.17. The molecule has 0 spiro atoms. The molecule has 0 amide bonds. The molecule has 0 saturated carbocycles. The number of nitrogens with one attached hydrogen (secondary N) is 2. The van der Waals surface area contributed by atoms with Crippen LogP contribution in [0.15, 0.2) is 29.3 Å². The summed E-state index contributed by atoms with van der Waals surface area (Å²) < 4.78 is 5.45. The van der Waals surface area contributed by atoms with Gasteiger partial charge in [0.15, 0.2) is 5.96 Å². The monoisotopic (exact) mass is 389 g/mol. The number of aliphatic imine (C=N–C) groups is 1. The fourth-order valence-electron chi connectivity index (χ4n) is 3.21. The Labute approximate surface area is 171 Å². The predicted octanol–water partition coefficient (Wildman–Crippen LogP) is 2.30. The fraction of sp³-hybridized carbons (Fsp3) is 0.682. The summed E-state index contributed by atoms with van der Waals surface area (Å²) in [7, 11) is 2.17. The van der Waals surface area contributed by atoms with Gasteiger partial charge in [0.1, 0.15) is 0 Å². The molecule has 2 N–H and O–H groups in total. The summed E-state index contributed by atoms with van der Waals surface area (Å²) in [5.41, 5.74) is 2.63. The van der Waals surface area contributed by atoms with Gasteiger partial charge in [-0.05, 0) is 45.9 Å². The van der Waals surface area contributed by atoms with Gasteiger partial charge in [-0.2, -0.15) is 0 Å². The lowest BCUT2D eigenvalue weighted by molar-refractivity contribution is 0.0211. The van der Waals surface area contributed by atoms with Crippen molar-refractivity contribution in [3.63, 3.8) is 0 Å². The molecule has 1 saturated heterocycles. The maximum atomic E-state index is 5.45. The van der Waals surface area contributed by atoms with Crippen molar-refractivity contribution in [2.75, 3.05) is 46.4 Å². The van der Waals surface area contributed by atoms with E-state index in [9.17, 15) is 0 Å². The van der Waals surface area contributed by atoms with Crippen LogP contribution in [0, 0.1) is 0 Å². The molecule has 1 fully saturated rings. The third kappa shape index (κ3) is 7.41. The molecule has 6 nitrogen and oxygen atoms in total. The topological polar surface area (TPSA) is 52.1 Å². The average Bonchev–Trinajstić information content (AvgIpc) is 2.71. The van der Waals surface area contributed by atoms with Crippen LogP contribution < -0.4 is 10.6 Å². The van der Waals surface area contributed by atoms with Crippen molar-refractivity contribution in [1.82, 2.24) is 20.4 Å². The van der Waals surface area contributed by atoms with Gasteiger partial charge < -0.3 is 15.4 Å². The van der Waals surface area contributed by atoms with Gasteiger partial charge in [0.05, 0.1) is 19.8 Å². The highest BCUT2D eigenvalue weighted by Crippen LogP contribution is 2.13. The first kappa shape index (κ1) is 22.7. The van der Waals surface area contributed by atoms with E-state index in [1.807, 2.05) is 0 Å². The van der Waals surface area contributed by atoms with Gasteiger partial charge in [0.2, 0.25) is 0 Å². The number of ether oxygens (including phenoxy) is 1. The van der Waals surface area contributed by atoms with Gasteiger partial charge in [-0.15, -0.1) is 0 Å². The molecule has 1 atom stereocenters. The Hall–Kier alpha value is -1.63. The van der Waals surface area contributed by atoms with Crippen LogP contribution in [0.2, 0.25) is 0 Å². The summed E-state index contributed by atoms with van der Waals surface area (Å²) in [5, 5.41) is 6.89. The average molecular weight is 390 g/mol. The predicted molar refractivity (Wildman–Crippen MR) is 118 cm³/mol. The number of nitrogens with zero attached hydrogens (tertiary/aromatic N) is 3. The molecule has 1 unspecified atom stereocenters. The van der Waals surface area contributed by atoms with Gasteiger partial charge in [0, 0.05) is 44.8 Å². The minimum atomic E-state index is 0.458. The van der Waals surface area contributed by atoms with Crippen LogP contribution in [-0.2, 0) is 17.8 Å². The lowest BCUT2D eigenvalue weighted by atomic mass is 10.1. The Morgan fingerprint density at radius 3 is 2.46 bits per heavy atom. The van der Waals surface area contributed by atoms with E-state index in [1.165, 1.54) is 11.1 Å². The SMILES string of the molecule is CCNC(=NCc1ccccc1CN(C)C(C)C)NCC(C)N1CCOCC1. The van der Waals surface area contributed by atoms with Gasteiger partial charge in [-0.1, -0.05) is 24.3 Å². The van der Waals surface area contributed by atoms with Crippen molar-refractivity contribution in [2.45, 2.75) is 52.9 Å². The van der Waals surface area contributed by atoms with E-state index < -0.39 is 0 Å². The van der Waals surface area contributed by atoms with Crippen LogP contribution in [0.25, 0.3) is 0 Å². The van der Waals surface area contributed by atoms with Crippen LogP contribution >= 0.6 is 0 Å². The normalized spacial score (nSPS) is 17.2. The molecule has 1 heterocycles. The smallest absolute Gasteiger partial charge is 0.191 e. The van der Waals surface area contributed by atoms with E-state index >= 15 is 0 Å². The minimum Gasteiger partial charge on any atom is -0.379 e. The number of morpholine rings is 1. The van der Waals surface area contributed by atoms with E-state index in [0.29, 0.717) is 18.6 Å². The number of benzene rings is 1. The Bertz CT molecular complexity index is 598. The largest absolute Gasteiger partial charge is 0.379 e. The van der Waals surface area contributed by atoms with Crippen molar-refractivity contribution >= 4 is 5.96 Å². The zero-order valence-corrected chi connectivity index (χ0v) is 18.4. The van der Waals surface area contributed by atoms with Gasteiger partial charge in [-0.3, -0.25) is 9.80 Å². The summed E-state index contributed by atoms with van der Waals surface area (Å²) in [6.07, 6.45) is 0. The lowest BCUT2D eigenvalue weighted by Gasteiger charge is -2.32. The number of guanidine groups is 1. The maximum Gasteiger partial charge on any atom is 0.191 e. The van der Waals surface area contributed by atoms with Gasteiger partial charge in [-0.25, -0.2) is 4.99 Å². The Balaban J connectivity index is 1.96. The molecule has 0 aliphatic carbocycles. The van der Waals surface area contributed by atoms with Crippen molar-refractivity contribution < 1.29 is 4.74 Å². The van der Waals surface area contributed by atoms with Crippen LogP contribution in [0.3, 0.4) is 0 Å². The molecule has 1 aliphatic heterocycles. The quantitative estimate of drug-likeness (QED) is 0.501. The molecule has 0 aromatic heterocycles. The van der Waals surface area contributed by atoms with Crippen molar-refractivity contribution in [3.8, 4) is 0 Å². The summed E-state index contributed by atoms with van der Waals surface area (Å²) >= 11 is 0. The number of rotatable bonds is 9. The Morgan fingerprint density at radius 2 is 1.82 bits per heavy atom. The van der Waals surface area contributed by atoms with E-state index in [1.54, 1.807) is 0 Å². The van der Waals surface area contributed by atoms with E-state index in [0.717, 1.165) is 51.9 Å². The third-order valence-electron chi connectivity index (χ3n) is 5.41. The first-order valence-electron chi connectivity index (χ1n) is 10.6. The first-order chi connectivity index (χ1) is 13.5. The van der Waals surface area contributed by atoms with Crippen LogP contribution in [0.5, 0.6) is 0 Å². The highest BCUT2D eigenvalue weighted by molar-refractivity contribution is 5.79. The Kier molecular flexibility index (Phi) is 9.75. The zero-order chi connectivity index (χ0) is 20.4. The lowest BCUT2D eigenvalue weighted by Crippen LogP contribution is -2.49. The second-order valence-electron chi connectivity index (χ2n) is 7.85. The number of hydrogen-bond donors (Lipinski definition) is 2. The highest BCUT2D eigenvalue weighted by atomic mass is 16.5. The standard InChI is InChI=1S/C22H39N5O/c1-6-23-22(24-15-19(4)27-11-13-28-14-12-27)25-16-20-9-7-8-10-21(20)17-26(5)18(2)3/h7-10,18-19H,6,11-17H2,1-5H3,(H2,23,24,25). The summed E-state index contributed by atoms with van der Waals surface area (Å²) in [5.74, 6) is 0.884. The molecule has 0 radical (unpaired) electrons. The number of hydrogen-bond acceptors (Lipinski definition) is 4. The second kappa shape index (κ2) is 12.0. The summed E-state index contributed by atoms with van der Waals surface area (Å²) in [6.45, 7) is 15.9. The molecule has 28 heavy (non-hydrogen) atoms. The molecule has 158 valence electrons. The zero-order valence-electron chi connectivity index (χ0n) is 18.4.